The van der Waals surface area contributed by atoms with Crippen molar-refractivity contribution >= 4 is 21.6 Å². The number of ether oxygens (including phenoxy) is 1. The van der Waals surface area contributed by atoms with E-state index in [1.54, 1.807) is 18.0 Å². The van der Waals surface area contributed by atoms with Gasteiger partial charge in [0.15, 0.2) is 0 Å². The Morgan fingerprint density at radius 1 is 1.67 bits per heavy atom. The molecule has 5 heteroatoms. The van der Waals surface area contributed by atoms with Crippen LogP contribution in [-0.4, -0.2) is 23.3 Å². The van der Waals surface area contributed by atoms with Gasteiger partial charge < -0.3 is 4.74 Å². The van der Waals surface area contributed by atoms with Gasteiger partial charge in [-0.1, -0.05) is 0 Å². The van der Waals surface area contributed by atoms with Crippen molar-refractivity contribution in [3.63, 3.8) is 0 Å². The maximum Gasteiger partial charge on any atom is 0.262 e. The first kappa shape index (κ1) is 10.3. The summed E-state index contributed by atoms with van der Waals surface area (Å²) in [6.07, 6.45) is 1.59. The van der Waals surface area contributed by atoms with Crippen LogP contribution >= 0.6 is 11.3 Å². The van der Waals surface area contributed by atoms with Crippen LogP contribution in [-0.2, 0) is 4.74 Å². The zero-order valence-corrected chi connectivity index (χ0v) is 9.45. The van der Waals surface area contributed by atoms with Gasteiger partial charge in [-0.15, -0.1) is 11.3 Å². The summed E-state index contributed by atoms with van der Waals surface area (Å²) < 4.78 is 6.63. The topological polar surface area (TPSA) is 44.1 Å². The standard InChI is InChI=1S/C10H12N2O2S/c1-7(5-14-2)12-6-11-9-8(10(12)13)3-4-15-9/h3-4,6-7H,5H2,1-2H3/t7-/m1/s1. The van der Waals surface area contributed by atoms with E-state index in [-0.39, 0.29) is 11.6 Å². The van der Waals surface area contributed by atoms with E-state index in [0.29, 0.717) is 12.0 Å². The van der Waals surface area contributed by atoms with Gasteiger partial charge in [0.05, 0.1) is 24.4 Å². The molecule has 0 spiro atoms. The van der Waals surface area contributed by atoms with Crippen molar-refractivity contribution in [3.05, 3.63) is 28.1 Å². The molecule has 0 N–H and O–H groups in total. The second kappa shape index (κ2) is 4.12. The second-order valence-electron chi connectivity index (χ2n) is 3.40. The van der Waals surface area contributed by atoms with Crippen molar-refractivity contribution in [3.8, 4) is 0 Å². The largest absolute Gasteiger partial charge is 0.383 e. The van der Waals surface area contributed by atoms with E-state index in [2.05, 4.69) is 4.98 Å². The highest BCUT2D eigenvalue weighted by Crippen LogP contribution is 2.14. The van der Waals surface area contributed by atoms with Gasteiger partial charge in [-0.3, -0.25) is 9.36 Å². The Hall–Kier alpha value is -1.20. The Morgan fingerprint density at radius 2 is 2.47 bits per heavy atom. The second-order valence-corrected chi connectivity index (χ2v) is 4.30. The van der Waals surface area contributed by atoms with Crippen LogP contribution in [0.4, 0.5) is 0 Å². The third-order valence-corrected chi connectivity index (χ3v) is 3.11. The summed E-state index contributed by atoms with van der Waals surface area (Å²) >= 11 is 1.48. The molecule has 15 heavy (non-hydrogen) atoms. The SMILES string of the molecule is COC[C@@H](C)n1cnc2sccc2c1=O. The average molecular weight is 224 g/mol. The molecule has 0 saturated carbocycles. The smallest absolute Gasteiger partial charge is 0.262 e. The molecule has 0 fully saturated rings. The van der Waals surface area contributed by atoms with E-state index in [0.717, 1.165) is 4.83 Å². The number of thiophene rings is 1. The van der Waals surface area contributed by atoms with Crippen molar-refractivity contribution < 1.29 is 4.74 Å². The molecular formula is C10H12N2O2S. The highest BCUT2D eigenvalue weighted by Gasteiger charge is 2.09. The van der Waals surface area contributed by atoms with Crippen molar-refractivity contribution in [1.82, 2.24) is 9.55 Å². The third kappa shape index (κ3) is 1.80. The van der Waals surface area contributed by atoms with Gasteiger partial charge in [0, 0.05) is 7.11 Å². The molecule has 2 rings (SSSR count). The van der Waals surface area contributed by atoms with E-state index in [4.69, 9.17) is 4.74 Å². The first-order chi connectivity index (χ1) is 7.24. The predicted molar refractivity (Wildman–Crippen MR) is 60.5 cm³/mol. The van der Waals surface area contributed by atoms with Crippen LogP contribution in [0.15, 0.2) is 22.6 Å². The Labute approximate surface area is 91.1 Å². The van der Waals surface area contributed by atoms with Gasteiger partial charge in [-0.2, -0.15) is 0 Å². The number of hydrogen-bond acceptors (Lipinski definition) is 4. The number of rotatable bonds is 3. The first-order valence-electron chi connectivity index (χ1n) is 4.67. The molecule has 2 heterocycles. The van der Waals surface area contributed by atoms with E-state index in [9.17, 15) is 4.79 Å². The summed E-state index contributed by atoms with van der Waals surface area (Å²) in [5.74, 6) is 0. The number of nitrogens with zero attached hydrogens (tertiary/aromatic N) is 2. The molecule has 2 aromatic heterocycles. The molecular weight excluding hydrogens is 212 g/mol. The average Bonchev–Trinajstić information content (AvgIpc) is 2.67. The summed E-state index contributed by atoms with van der Waals surface area (Å²) in [6, 6.07) is 1.82. The van der Waals surface area contributed by atoms with E-state index in [1.165, 1.54) is 11.3 Å². The lowest BCUT2D eigenvalue weighted by Crippen LogP contribution is -2.25. The lowest BCUT2D eigenvalue weighted by atomic mass is 10.3. The predicted octanol–water partition coefficient (Wildman–Crippen LogP) is 1.67. The molecule has 0 bridgehead atoms. The Bertz CT molecular complexity index is 517. The minimum Gasteiger partial charge on any atom is -0.383 e. The Balaban J connectivity index is 2.52. The zero-order chi connectivity index (χ0) is 10.8. The fourth-order valence-corrected chi connectivity index (χ4v) is 2.23. The van der Waals surface area contributed by atoms with Crippen LogP contribution in [0, 0.1) is 0 Å². The summed E-state index contributed by atoms with van der Waals surface area (Å²) in [7, 11) is 1.62. The Kier molecular flexibility index (Phi) is 2.83. The van der Waals surface area contributed by atoms with Crippen molar-refractivity contribution in [2.24, 2.45) is 0 Å². The van der Waals surface area contributed by atoms with Crippen LogP contribution < -0.4 is 5.56 Å². The molecule has 2 aromatic rings. The monoisotopic (exact) mass is 224 g/mol. The number of fused-ring (bicyclic) bond motifs is 1. The Morgan fingerprint density at radius 3 is 3.20 bits per heavy atom. The van der Waals surface area contributed by atoms with Gasteiger partial charge in [0.25, 0.3) is 5.56 Å². The molecule has 1 atom stereocenters. The van der Waals surface area contributed by atoms with Crippen molar-refractivity contribution in [2.75, 3.05) is 13.7 Å². The van der Waals surface area contributed by atoms with Crippen LogP contribution in [0.1, 0.15) is 13.0 Å². The highest BCUT2D eigenvalue weighted by molar-refractivity contribution is 7.16. The van der Waals surface area contributed by atoms with Gasteiger partial charge in [-0.25, -0.2) is 4.98 Å². The summed E-state index contributed by atoms with van der Waals surface area (Å²) in [5, 5.41) is 2.56. The molecule has 0 unspecified atom stereocenters. The number of aromatic nitrogens is 2. The lowest BCUT2D eigenvalue weighted by molar-refractivity contribution is 0.160. The van der Waals surface area contributed by atoms with Crippen molar-refractivity contribution in [2.45, 2.75) is 13.0 Å². The van der Waals surface area contributed by atoms with Gasteiger partial charge in [-0.05, 0) is 18.4 Å². The molecule has 0 aliphatic heterocycles. The minimum absolute atomic E-state index is 0.00537. The molecule has 0 aromatic carbocycles. The van der Waals surface area contributed by atoms with E-state index >= 15 is 0 Å². The number of methoxy groups -OCH3 is 1. The maximum atomic E-state index is 12.0. The molecule has 0 radical (unpaired) electrons. The van der Waals surface area contributed by atoms with E-state index < -0.39 is 0 Å². The fourth-order valence-electron chi connectivity index (χ4n) is 1.51. The van der Waals surface area contributed by atoms with Gasteiger partial charge in [0.1, 0.15) is 4.83 Å². The molecule has 80 valence electrons. The molecule has 4 nitrogen and oxygen atoms in total. The highest BCUT2D eigenvalue weighted by atomic mass is 32.1. The summed E-state index contributed by atoms with van der Waals surface area (Å²) in [4.78, 5) is 17.0. The molecule has 0 saturated heterocycles. The molecule has 0 amide bonds. The lowest BCUT2D eigenvalue weighted by Gasteiger charge is -2.12. The van der Waals surface area contributed by atoms with Gasteiger partial charge in [0.2, 0.25) is 0 Å². The minimum atomic E-state index is 0.00537. The van der Waals surface area contributed by atoms with Crippen LogP contribution in [0.25, 0.3) is 10.2 Å². The number of hydrogen-bond donors (Lipinski definition) is 0. The van der Waals surface area contributed by atoms with Gasteiger partial charge >= 0.3 is 0 Å². The quantitative estimate of drug-likeness (QED) is 0.796. The van der Waals surface area contributed by atoms with E-state index in [1.807, 2.05) is 18.4 Å². The molecule has 0 aliphatic rings. The summed E-state index contributed by atoms with van der Waals surface area (Å²) in [6.45, 7) is 2.45. The van der Waals surface area contributed by atoms with Crippen LogP contribution in [0.5, 0.6) is 0 Å². The van der Waals surface area contributed by atoms with Crippen LogP contribution in [0.2, 0.25) is 0 Å². The first-order valence-corrected chi connectivity index (χ1v) is 5.55. The zero-order valence-electron chi connectivity index (χ0n) is 8.64. The summed E-state index contributed by atoms with van der Waals surface area (Å²) in [5.41, 5.74) is 0.00537. The maximum absolute atomic E-state index is 12.0. The molecule has 0 aliphatic carbocycles. The normalized spacial score (nSPS) is 13.2. The van der Waals surface area contributed by atoms with Crippen LogP contribution in [0.3, 0.4) is 0 Å². The fraction of sp³-hybridized carbons (Fsp3) is 0.400. The third-order valence-electron chi connectivity index (χ3n) is 2.29. The van der Waals surface area contributed by atoms with Crippen molar-refractivity contribution in [1.29, 1.82) is 0 Å².